The fraction of sp³-hybridized carbons (Fsp3) is 0.455. The highest BCUT2D eigenvalue weighted by molar-refractivity contribution is 7.18. The Bertz CT molecular complexity index is 591. The van der Waals surface area contributed by atoms with Gasteiger partial charge in [0.25, 0.3) is 6.43 Å². The molecule has 0 bridgehead atoms. The Morgan fingerprint density at radius 1 is 1.50 bits per heavy atom. The van der Waals surface area contributed by atoms with Crippen molar-refractivity contribution in [1.82, 2.24) is 9.97 Å². The number of hydrazine groups is 1. The van der Waals surface area contributed by atoms with Crippen LogP contribution in [-0.2, 0) is 0 Å². The first-order valence-corrected chi connectivity index (χ1v) is 6.75. The Kier molecular flexibility index (Phi) is 4.63. The molecule has 2 aromatic heterocycles. The predicted octanol–water partition coefficient (Wildman–Crippen LogP) is 1.35. The first-order valence-electron chi connectivity index (χ1n) is 5.94. The summed E-state index contributed by atoms with van der Waals surface area (Å²) in [5.41, 5.74) is 2.33. The van der Waals surface area contributed by atoms with E-state index in [1.54, 1.807) is 0 Å². The van der Waals surface area contributed by atoms with E-state index >= 15 is 0 Å². The fourth-order valence-electron chi connectivity index (χ4n) is 1.90. The fourth-order valence-corrected chi connectivity index (χ4v) is 2.78. The number of nitrogens with one attached hydrogen (secondary N) is 1. The van der Waals surface area contributed by atoms with E-state index in [2.05, 4.69) is 15.4 Å². The first kappa shape index (κ1) is 14.8. The van der Waals surface area contributed by atoms with Gasteiger partial charge in [0.2, 0.25) is 5.95 Å². The molecule has 2 aromatic rings. The molecule has 9 heteroatoms. The number of thiophene rings is 1. The minimum absolute atomic E-state index is 0.0648. The van der Waals surface area contributed by atoms with Crippen LogP contribution in [0, 0.1) is 6.92 Å². The quantitative estimate of drug-likeness (QED) is 0.551. The van der Waals surface area contributed by atoms with Gasteiger partial charge in [0.05, 0.1) is 18.5 Å². The van der Waals surface area contributed by atoms with E-state index in [4.69, 9.17) is 10.9 Å². The number of nitrogen functional groups attached to an aromatic ring is 1. The number of halogens is 2. The van der Waals surface area contributed by atoms with Crippen LogP contribution >= 0.6 is 11.3 Å². The summed E-state index contributed by atoms with van der Waals surface area (Å²) in [5, 5.41) is 9.73. The largest absolute Gasteiger partial charge is 0.395 e. The van der Waals surface area contributed by atoms with Gasteiger partial charge in [-0.2, -0.15) is 4.98 Å². The number of hydrogen-bond donors (Lipinski definition) is 3. The third-order valence-electron chi connectivity index (χ3n) is 2.65. The van der Waals surface area contributed by atoms with Crippen LogP contribution in [0.3, 0.4) is 0 Å². The molecule has 0 saturated carbocycles. The number of rotatable bonds is 6. The van der Waals surface area contributed by atoms with Gasteiger partial charge in [-0.15, -0.1) is 11.3 Å². The standard InChI is InChI=1S/C11H15F2N5OS/c1-6-4-7-9(18(2-3-19)5-8(12)13)15-11(17-14)16-10(7)20-6/h4,8,19H,2-3,5,14H2,1H3,(H,15,16,17). The lowest BCUT2D eigenvalue weighted by molar-refractivity contribution is 0.152. The molecule has 0 aliphatic carbocycles. The molecule has 2 rings (SSSR count). The van der Waals surface area contributed by atoms with Crippen molar-refractivity contribution >= 4 is 33.3 Å². The van der Waals surface area contributed by atoms with Crippen molar-refractivity contribution in [3.63, 3.8) is 0 Å². The SMILES string of the molecule is Cc1cc2c(N(CCO)CC(F)F)nc(NN)nc2s1. The topological polar surface area (TPSA) is 87.3 Å². The third-order valence-corrected chi connectivity index (χ3v) is 3.60. The number of alkyl halides is 2. The number of aliphatic hydroxyl groups excluding tert-OH is 1. The van der Waals surface area contributed by atoms with Gasteiger partial charge in [0, 0.05) is 11.4 Å². The van der Waals surface area contributed by atoms with Gasteiger partial charge >= 0.3 is 0 Å². The molecular formula is C11H15F2N5OS. The molecule has 0 aromatic carbocycles. The van der Waals surface area contributed by atoms with E-state index < -0.39 is 13.0 Å². The van der Waals surface area contributed by atoms with E-state index in [-0.39, 0.29) is 19.1 Å². The van der Waals surface area contributed by atoms with Gasteiger partial charge in [-0.3, -0.25) is 5.43 Å². The Morgan fingerprint density at radius 3 is 2.85 bits per heavy atom. The summed E-state index contributed by atoms with van der Waals surface area (Å²) in [7, 11) is 0. The third kappa shape index (κ3) is 3.11. The van der Waals surface area contributed by atoms with Crippen molar-refractivity contribution < 1.29 is 13.9 Å². The van der Waals surface area contributed by atoms with Crippen molar-refractivity contribution in [1.29, 1.82) is 0 Å². The van der Waals surface area contributed by atoms with Gasteiger partial charge in [-0.1, -0.05) is 0 Å². The highest BCUT2D eigenvalue weighted by Crippen LogP contribution is 2.31. The number of aryl methyl sites for hydroxylation is 1. The summed E-state index contributed by atoms with van der Waals surface area (Å²) in [6.07, 6.45) is -2.53. The Balaban J connectivity index is 2.52. The minimum atomic E-state index is -2.53. The smallest absolute Gasteiger partial charge is 0.255 e. The molecule has 2 heterocycles. The molecule has 0 saturated heterocycles. The average molecular weight is 303 g/mol. The second-order valence-corrected chi connectivity index (χ2v) is 5.39. The molecule has 110 valence electrons. The molecule has 6 nitrogen and oxygen atoms in total. The zero-order valence-electron chi connectivity index (χ0n) is 10.8. The van der Waals surface area contributed by atoms with Crippen molar-refractivity contribution in [2.45, 2.75) is 13.3 Å². The number of aliphatic hydroxyl groups is 1. The predicted molar refractivity (Wildman–Crippen MR) is 75.3 cm³/mol. The zero-order chi connectivity index (χ0) is 14.7. The maximum atomic E-state index is 12.7. The summed E-state index contributed by atoms with van der Waals surface area (Å²) in [5.74, 6) is 5.81. The first-order chi connectivity index (χ1) is 9.55. The Hall–Kier alpha value is -1.58. The van der Waals surface area contributed by atoms with E-state index in [1.807, 2.05) is 13.0 Å². The highest BCUT2D eigenvalue weighted by atomic mass is 32.1. The number of hydrogen-bond acceptors (Lipinski definition) is 7. The molecule has 0 unspecified atom stereocenters. The van der Waals surface area contributed by atoms with Crippen molar-refractivity contribution in [2.24, 2.45) is 5.84 Å². The van der Waals surface area contributed by atoms with Crippen LogP contribution in [0.1, 0.15) is 4.88 Å². The number of nitrogens with zero attached hydrogens (tertiary/aromatic N) is 3. The van der Waals surface area contributed by atoms with Crippen LogP contribution in [0.4, 0.5) is 20.5 Å². The molecule has 0 aliphatic rings. The van der Waals surface area contributed by atoms with Crippen LogP contribution in [0.25, 0.3) is 10.2 Å². The molecule has 0 spiro atoms. The summed E-state index contributed by atoms with van der Waals surface area (Å²) >= 11 is 1.43. The number of nitrogens with two attached hydrogens (primary N) is 1. The lowest BCUT2D eigenvalue weighted by Gasteiger charge is -2.23. The van der Waals surface area contributed by atoms with Gasteiger partial charge in [-0.25, -0.2) is 19.6 Å². The number of anilines is 2. The Morgan fingerprint density at radius 2 is 2.25 bits per heavy atom. The number of aromatic nitrogens is 2. The molecule has 20 heavy (non-hydrogen) atoms. The van der Waals surface area contributed by atoms with Gasteiger partial charge < -0.3 is 10.0 Å². The van der Waals surface area contributed by atoms with Crippen LogP contribution in [0.5, 0.6) is 0 Å². The maximum absolute atomic E-state index is 12.7. The lowest BCUT2D eigenvalue weighted by atomic mass is 10.3. The van der Waals surface area contributed by atoms with Crippen molar-refractivity contribution in [3.05, 3.63) is 10.9 Å². The van der Waals surface area contributed by atoms with Gasteiger partial charge in [-0.05, 0) is 13.0 Å². The van der Waals surface area contributed by atoms with Crippen LogP contribution in [0.15, 0.2) is 6.07 Å². The summed E-state index contributed by atoms with van der Waals surface area (Å²) in [4.78, 5) is 11.3. The highest BCUT2D eigenvalue weighted by Gasteiger charge is 2.19. The molecule has 0 radical (unpaired) electrons. The lowest BCUT2D eigenvalue weighted by Crippen LogP contribution is -2.32. The molecule has 0 amide bonds. The van der Waals surface area contributed by atoms with E-state index in [9.17, 15) is 8.78 Å². The molecule has 0 aliphatic heterocycles. The molecule has 4 N–H and O–H groups in total. The van der Waals surface area contributed by atoms with E-state index in [0.717, 1.165) is 4.88 Å². The zero-order valence-corrected chi connectivity index (χ0v) is 11.6. The maximum Gasteiger partial charge on any atom is 0.255 e. The van der Waals surface area contributed by atoms with Gasteiger partial charge in [0.15, 0.2) is 0 Å². The second kappa shape index (κ2) is 6.25. The van der Waals surface area contributed by atoms with E-state index in [0.29, 0.717) is 16.0 Å². The molecule has 0 atom stereocenters. The van der Waals surface area contributed by atoms with Crippen LogP contribution < -0.4 is 16.2 Å². The summed E-state index contributed by atoms with van der Waals surface area (Å²) in [6, 6.07) is 1.84. The van der Waals surface area contributed by atoms with Crippen LogP contribution in [0.2, 0.25) is 0 Å². The van der Waals surface area contributed by atoms with E-state index in [1.165, 1.54) is 16.2 Å². The average Bonchev–Trinajstić information content (AvgIpc) is 2.76. The molecular weight excluding hydrogens is 288 g/mol. The summed E-state index contributed by atoms with van der Waals surface area (Å²) < 4.78 is 25.4. The number of fused-ring (bicyclic) bond motifs is 1. The van der Waals surface area contributed by atoms with Crippen LogP contribution in [-0.4, -0.2) is 41.2 Å². The van der Waals surface area contributed by atoms with Crippen molar-refractivity contribution in [3.8, 4) is 0 Å². The molecule has 0 fully saturated rings. The second-order valence-electron chi connectivity index (χ2n) is 4.15. The minimum Gasteiger partial charge on any atom is -0.395 e. The van der Waals surface area contributed by atoms with Crippen molar-refractivity contribution in [2.75, 3.05) is 30.0 Å². The monoisotopic (exact) mass is 303 g/mol. The summed E-state index contributed by atoms with van der Waals surface area (Å²) in [6.45, 7) is 1.21. The Labute approximate surface area is 118 Å². The normalized spacial score (nSPS) is 11.3. The van der Waals surface area contributed by atoms with Gasteiger partial charge in [0.1, 0.15) is 10.6 Å².